The minimum Gasteiger partial charge on any atom is -0.433 e. The van der Waals surface area contributed by atoms with E-state index in [0.717, 1.165) is 16.7 Å². The van der Waals surface area contributed by atoms with E-state index in [-0.39, 0.29) is 25.7 Å². The highest BCUT2D eigenvalue weighted by Gasteiger charge is 2.49. The lowest BCUT2D eigenvalue weighted by Crippen LogP contribution is -2.66. The number of amides is 1. The van der Waals surface area contributed by atoms with Crippen LogP contribution in [0.2, 0.25) is 0 Å². The maximum absolute atomic E-state index is 12.4. The standard InChI is InChI=1S/C31H35NO7/c1-22(33)32-28-29(36-19-25-14-8-4-9-15-25)27(21-35-18-24-12-6-3-7-13-24)39-31(38-23(2)34)30(28)37-20-26-16-10-5-11-17-26/h3-17,27-31H,18-21H2,1-2H3,(H,32,33)/t27-,28+,29+,30-,31?/m1/s1. The van der Waals surface area contributed by atoms with Crippen LogP contribution in [-0.2, 0) is 53.1 Å². The summed E-state index contributed by atoms with van der Waals surface area (Å²) in [6.07, 6.45) is -3.22. The summed E-state index contributed by atoms with van der Waals surface area (Å²) in [5, 5.41) is 2.98. The molecule has 0 bridgehead atoms. The Kier molecular flexibility index (Phi) is 10.6. The van der Waals surface area contributed by atoms with Gasteiger partial charge in [-0.2, -0.15) is 0 Å². The van der Waals surface area contributed by atoms with Crippen molar-refractivity contribution in [3.05, 3.63) is 108 Å². The Balaban J connectivity index is 1.58. The van der Waals surface area contributed by atoms with Gasteiger partial charge in [-0.1, -0.05) is 91.0 Å². The van der Waals surface area contributed by atoms with Crippen molar-refractivity contribution in [3.8, 4) is 0 Å². The Labute approximate surface area is 229 Å². The molecule has 8 heteroatoms. The van der Waals surface area contributed by atoms with E-state index < -0.39 is 36.6 Å². The molecule has 0 aliphatic carbocycles. The predicted molar refractivity (Wildman–Crippen MR) is 144 cm³/mol. The Bertz CT molecular complexity index is 1160. The van der Waals surface area contributed by atoms with E-state index >= 15 is 0 Å². The fourth-order valence-electron chi connectivity index (χ4n) is 4.50. The molecular formula is C31H35NO7. The third-order valence-corrected chi connectivity index (χ3v) is 6.27. The van der Waals surface area contributed by atoms with Gasteiger partial charge in [-0.3, -0.25) is 9.59 Å². The topological polar surface area (TPSA) is 92.3 Å². The van der Waals surface area contributed by atoms with E-state index in [1.165, 1.54) is 13.8 Å². The quantitative estimate of drug-likeness (QED) is 0.350. The number of hydrogen-bond acceptors (Lipinski definition) is 7. The molecule has 0 spiro atoms. The zero-order valence-corrected chi connectivity index (χ0v) is 22.2. The lowest BCUT2D eigenvalue weighted by Gasteiger charge is -2.45. The van der Waals surface area contributed by atoms with Gasteiger partial charge < -0.3 is 29.0 Å². The number of nitrogens with one attached hydrogen (secondary N) is 1. The van der Waals surface area contributed by atoms with Gasteiger partial charge in [0, 0.05) is 13.8 Å². The van der Waals surface area contributed by atoms with Crippen molar-refractivity contribution in [1.82, 2.24) is 5.32 Å². The first-order valence-electron chi connectivity index (χ1n) is 13.0. The lowest BCUT2D eigenvalue weighted by molar-refractivity contribution is -0.290. The fraction of sp³-hybridized carbons (Fsp3) is 0.355. The number of esters is 1. The molecule has 1 amide bonds. The molecule has 0 aromatic heterocycles. The van der Waals surface area contributed by atoms with Gasteiger partial charge in [0.1, 0.15) is 18.3 Å². The van der Waals surface area contributed by atoms with Gasteiger partial charge in [-0.05, 0) is 16.7 Å². The fourth-order valence-corrected chi connectivity index (χ4v) is 4.50. The van der Waals surface area contributed by atoms with Crippen molar-refractivity contribution in [2.45, 2.75) is 64.3 Å². The third kappa shape index (κ3) is 8.73. The van der Waals surface area contributed by atoms with Crippen LogP contribution in [-0.4, -0.2) is 49.1 Å². The molecule has 1 unspecified atom stereocenters. The molecule has 0 saturated carbocycles. The summed E-state index contributed by atoms with van der Waals surface area (Å²) in [7, 11) is 0. The van der Waals surface area contributed by atoms with Crippen LogP contribution in [0.15, 0.2) is 91.0 Å². The lowest BCUT2D eigenvalue weighted by atomic mass is 9.95. The summed E-state index contributed by atoms with van der Waals surface area (Å²) in [6.45, 7) is 3.76. The minimum atomic E-state index is -1.08. The van der Waals surface area contributed by atoms with Crippen LogP contribution in [0.1, 0.15) is 30.5 Å². The third-order valence-electron chi connectivity index (χ3n) is 6.27. The molecule has 1 N–H and O–H groups in total. The number of ether oxygens (including phenoxy) is 5. The molecule has 39 heavy (non-hydrogen) atoms. The first kappa shape index (κ1) is 28.4. The summed E-state index contributed by atoms with van der Waals surface area (Å²) < 4.78 is 30.5. The monoisotopic (exact) mass is 533 g/mol. The molecule has 1 heterocycles. The first-order valence-corrected chi connectivity index (χ1v) is 13.0. The molecule has 1 fully saturated rings. The van der Waals surface area contributed by atoms with Crippen molar-refractivity contribution >= 4 is 11.9 Å². The molecule has 5 atom stereocenters. The smallest absolute Gasteiger partial charge is 0.305 e. The summed E-state index contributed by atoms with van der Waals surface area (Å²) in [5.41, 5.74) is 2.90. The van der Waals surface area contributed by atoms with Gasteiger partial charge in [0.15, 0.2) is 0 Å². The van der Waals surface area contributed by atoms with Crippen LogP contribution in [0.5, 0.6) is 0 Å². The molecule has 1 saturated heterocycles. The maximum Gasteiger partial charge on any atom is 0.305 e. The van der Waals surface area contributed by atoms with Gasteiger partial charge in [0.2, 0.25) is 12.2 Å². The van der Waals surface area contributed by atoms with Gasteiger partial charge >= 0.3 is 5.97 Å². The van der Waals surface area contributed by atoms with Crippen LogP contribution >= 0.6 is 0 Å². The molecule has 0 radical (unpaired) electrons. The SMILES string of the molecule is CC(=O)N[C@H]1[C@@H](OCc2ccccc2)[C@@H](COCc2ccccc2)OC(OC(C)=O)[C@@H]1OCc1ccccc1. The van der Waals surface area contributed by atoms with Gasteiger partial charge in [0.05, 0.1) is 32.5 Å². The Morgan fingerprint density at radius 3 is 1.69 bits per heavy atom. The highest BCUT2D eigenvalue weighted by Crippen LogP contribution is 2.29. The first-order chi connectivity index (χ1) is 19.0. The summed E-state index contributed by atoms with van der Waals surface area (Å²) >= 11 is 0. The second kappa shape index (κ2) is 14.6. The Hall–Kier alpha value is -3.56. The number of hydrogen-bond donors (Lipinski definition) is 1. The average molecular weight is 534 g/mol. The van der Waals surface area contributed by atoms with E-state index in [2.05, 4.69) is 5.32 Å². The molecule has 1 aliphatic heterocycles. The second-order valence-electron chi connectivity index (χ2n) is 9.40. The van der Waals surface area contributed by atoms with Crippen molar-refractivity contribution in [2.24, 2.45) is 0 Å². The van der Waals surface area contributed by atoms with Crippen LogP contribution in [0.25, 0.3) is 0 Å². The van der Waals surface area contributed by atoms with Crippen molar-refractivity contribution in [2.75, 3.05) is 6.61 Å². The normalized spacial score (nSPS) is 22.7. The Morgan fingerprint density at radius 2 is 1.21 bits per heavy atom. The van der Waals surface area contributed by atoms with Crippen LogP contribution in [0.3, 0.4) is 0 Å². The molecular weight excluding hydrogens is 498 g/mol. The summed E-state index contributed by atoms with van der Waals surface area (Å²) in [5.74, 6) is -0.795. The minimum absolute atomic E-state index is 0.146. The zero-order valence-electron chi connectivity index (χ0n) is 22.2. The van der Waals surface area contributed by atoms with E-state index in [1.54, 1.807) is 0 Å². The molecule has 1 aliphatic rings. The number of rotatable bonds is 12. The zero-order chi connectivity index (χ0) is 27.5. The average Bonchev–Trinajstić information content (AvgIpc) is 2.93. The highest BCUT2D eigenvalue weighted by atomic mass is 16.7. The van der Waals surface area contributed by atoms with E-state index in [1.807, 2.05) is 91.0 Å². The molecule has 3 aromatic carbocycles. The van der Waals surface area contributed by atoms with E-state index in [9.17, 15) is 9.59 Å². The number of carbonyl (C=O) groups excluding carboxylic acids is 2. The maximum atomic E-state index is 12.4. The van der Waals surface area contributed by atoms with Gasteiger partial charge in [0.25, 0.3) is 0 Å². The Morgan fingerprint density at radius 1 is 0.718 bits per heavy atom. The van der Waals surface area contributed by atoms with Crippen LogP contribution in [0.4, 0.5) is 0 Å². The molecule has 8 nitrogen and oxygen atoms in total. The molecule has 4 rings (SSSR count). The van der Waals surface area contributed by atoms with Crippen molar-refractivity contribution in [3.63, 3.8) is 0 Å². The summed E-state index contributed by atoms with van der Waals surface area (Å²) in [4.78, 5) is 24.4. The second-order valence-corrected chi connectivity index (χ2v) is 9.40. The van der Waals surface area contributed by atoms with E-state index in [4.69, 9.17) is 23.7 Å². The van der Waals surface area contributed by atoms with Crippen molar-refractivity contribution < 1.29 is 33.3 Å². The summed E-state index contributed by atoms with van der Waals surface area (Å²) in [6, 6.07) is 28.4. The van der Waals surface area contributed by atoms with Crippen molar-refractivity contribution in [1.29, 1.82) is 0 Å². The predicted octanol–water partition coefficient (Wildman–Crippen LogP) is 4.17. The molecule has 3 aromatic rings. The number of benzene rings is 3. The highest BCUT2D eigenvalue weighted by molar-refractivity contribution is 5.73. The van der Waals surface area contributed by atoms with Crippen LogP contribution in [0, 0.1) is 0 Å². The largest absolute Gasteiger partial charge is 0.433 e. The number of carbonyl (C=O) groups is 2. The van der Waals surface area contributed by atoms with E-state index in [0.29, 0.717) is 6.61 Å². The van der Waals surface area contributed by atoms with Gasteiger partial charge in [-0.15, -0.1) is 0 Å². The van der Waals surface area contributed by atoms with Crippen LogP contribution < -0.4 is 5.32 Å². The molecule has 206 valence electrons. The van der Waals surface area contributed by atoms with Gasteiger partial charge in [-0.25, -0.2) is 0 Å².